The van der Waals surface area contributed by atoms with Crippen LogP contribution in [0.15, 0.2) is 48.7 Å². The Kier molecular flexibility index (Phi) is 6.68. The van der Waals surface area contributed by atoms with Crippen molar-refractivity contribution in [3.05, 3.63) is 60.1 Å². The zero-order chi connectivity index (χ0) is 30.9. The van der Waals surface area contributed by atoms with E-state index in [4.69, 9.17) is 20.9 Å². The van der Waals surface area contributed by atoms with Gasteiger partial charge in [-0.05, 0) is 49.3 Å². The predicted octanol–water partition coefficient (Wildman–Crippen LogP) is 4.41. The topological polar surface area (TPSA) is 95.9 Å². The number of rotatable bonds is 6. The van der Waals surface area contributed by atoms with Crippen LogP contribution in [-0.4, -0.2) is 88.6 Å². The summed E-state index contributed by atoms with van der Waals surface area (Å²) in [4.78, 5) is 18.8. The van der Waals surface area contributed by atoms with Gasteiger partial charge in [0.1, 0.15) is 29.4 Å². The van der Waals surface area contributed by atoms with Gasteiger partial charge in [0.05, 0.1) is 17.0 Å². The van der Waals surface area contributed by atoms with E-state index < -0.39 is 5.82 Å². The number of terminal acetylenes is 1. The van der Waals surface area contributed by atoms with Crippen molar-refractivity contribution >= 4 is 27.5 Å². The summed E-state index contributed by atoms with van der Waals surface area (Å²) in [5, 5.41) is 16.1. The average Bonchev–Trinajstić information content (AvgIpc) is 3.66. The van der Waals surface area contributed by atoms with E-state index in [9.17, 15) is 5.11 Å². The minimum Gasteiger partial charge on any atom is -0.508 e. The van der Waals surface area contributed by atoms with Crippen LogP contribution in [0.2, 0.25) is 0 Å². The number of aromatic hydroxyl groups is 1. The van der Waals surface area contributed by atoms with Gasteiger partial charge in [0.25, 0.3) is 0 Å². The number of ether oxygens (including phenoxy) is 2. The third-order valence-corrected chi connectivity index (χ3v) is 10.0. The number of nitrogens with one attached hydrogen (secondary N) is 1. The Balaban J connectivity index is 1.25. The first kappa shape index (κ1) is 28.2. The lowest BCUT2D eigenvalue weighted by atomic mass is 9.93. The summed E-state index contributed by atoms with van der Waals surface area (Å²) >= 11 is 0. The Bertz CT molecular complexity index is 1900. The van der Waals surface area contributed by atoms with Gasteiger partial charge >= 0.3 is 6.01 Å². The quantitative estimate of drug-likeness (QED) is 0.245. The van der Waals surface area contributed by atoms with E-state index >= 15 is 4.39 Å². The molecule has 45 heavy (non-hydrogen) atoms. The van der Waals surface area contributed by atoms with Gasteiger partial charge in [-0.15, -0.1) is 6.42 Å². The second-order valence-corrected chi connectivity index (χ2v) is 13.0. The minimum absolute atomic E-state index is 0.00968. The molecule has 2 bridgehead atoms. The third-order valence-electron chi connectivity index (χ3n) is 10.0. The Hall–Kier alpha value is -4.30. The van der Waals surface area contributed by atoms with E-state index in [-0.39, 0.29) is 34.6 Å². The van der Waals surface area contributed by atoms with Crippen molar-refractivity contribution in [3.63, 3.8) is 0 Å². The van der Waals surface area contributed by atoms with Crippen LogP contribution in [0.5, 0.6) is 11.8 Å². The van der Waals surface area contributed by atoms with Crippen molar-refractivity contribution in [1.82, 2.24) is 25.2 Å². The number of nitrogens with zero attached hydrogens (tertiary/aromatic N) is 5. The van der Waals surface area contributed by atoms with Crippen LogP contribution < -0.4 is 15.0 Å². The Morgan fingerprint density at radius 3 is 2.80 bits per heavy atom. The standard InChI is InChI=1S/C35H35FN6O3/c1-4-21-6-5-7-22-10-25(43)11-27(29(21)22)31-30(36)32-28(14-37-31)33(41-16-23-8-9-24(17-41)38-23)40-34(39-32)45-19-35-12-20(2)15-42(35)18-26(13-35)44-3/h1,5-7,10-11,14,23-24,26,38,43H,2,8-9,12-13,15-19H2,3H3/t23-,24+,26-,35+/m0/s1. The summed E-state index contributed by atoms with van der Waals surface area (Å²) in [5.74, 6) is 2.68. The van der Waals surface area contributed by atoms with E-state index in [0.29, 0.717) is 51.8 Å². The molecule has 4 aliphatic rings. The van der Waals surface area contributed by atoms with Gasteiger partial charge in [-0.3, -0.25) is 9.88 Å². The maximum absolute atomic E-state index is 16.8. The van der Waals surface area contributed by atoms with E-state index in [0.717, 1.165) is 57.4 Å². The molecular weight excluding hydrogens is 571 g/mol. The summed E-state index contributed by atoms with van der Waals surface area (Å²) in [6.45, 7) is 7.70. The summed E-state index contributed by atoms with van der Waals surface area (Å²) in [6, 6.07) is 9.37. The van der Waals surface area contributed by atoms with Crippen molar-refractivity contribution in [2.24, 2.45) is 0 Å². The highest BCUT2D eigenvalue weighted by Gasteiger charge is 2.50. The van der Waals surface area contributed by atoms with Crippen LogP contribution in [0.3, 0.4) is 0 Å². The summed E-state index contributed by atoms with van der Waals surface area (Å²) in [5.41, 5.74) is 2.05. The van der Waals surface area contributed by atoms with Crippen molar-refractivity contribution in [2.45, 2.75) is 49.4 Å². The molecule has 0 aliphatic carbocycles. The minimum atomic E-state index is -0.618. The number of fused-ring (bicyclic) bond motifs is 5. The molecule has 2 aromatic carbocycles. The third kappa shape index (κ3) is 4.69. The Labute approximate surface area is 261 Å². The number of phenolic OH excluding ortho intramolecular Hbond substituents is 1. The molecule has 4 fully saturated rings. The number of aromatic nitrogens is 3. The molecule has 230 valence electrons. The van der Waals surface area contributed by atoms with E-state index in [2.05, 4.69) is 37.6 Å². The highest BCUT2D eigenvalue weighted by Crippen LogP contribution is 2.43. The highest BCUT2D eigenvalue weighted by atomic mass is 19.1. The second-order valence-electron chi connectivity index (χ2n) is 13.0. The molecule has 0 radical (unpaired) electrons. The number of hydrogen-bond acceptors (Lipinski definition) is 9. The highest BCUT2D eigenvalue weighted by molar-refractivity contribution is 6.02. The summed E-state index contributed by atoms with van der Waals surface area (Å²) < 4.78 is 29.0. The Morgan fingerprint density at radius 2 is 2.02 bits per heavy atom. The van der Waals surface area contributed by atoms with Crippen molar-refractivity contribution in [1.29, 1.82) is 0 Å². The van der Waals surface area contributed by atoms with Crippen LogP contribution >= 0.6 is 0 Å². The first-order valence-corrected chi connectivity index (χ1v) is 15.5. The van der Waals surface area contributed by atoms with Gasteiger partial charge in [0.2, 0.25) is 0 Å². The molecule has 8 rings (SSSR count). The number of hydrogen-bond donors (Lipinski definition) is 2. The zero-order valence-electron chi connectivity index (χ0n) is 25.2. The zero-order valence-corrected chi connectivity index (χ0v) is 25.2. The predicted molar refractivity (Wildman–Crippen MR) is 171 cm³/mol. The normalized spacial score (nSPS) is 26.1. The van der Waals surface area contributed by atoms with Crippen LogP contribution in [0.1, 0.15) is 31.2 Å². The number of piperazine rings is 1. The molecule has 4 atom stereocenters. The number of phenols is 1. The number of pyridine rings is 1. The smallest absolute Gasteiger partial charge is 0.319 e. The average molecular weight is 607 g/mol. The molecule has 9 nitrogen and oxygen atoms in total. The number of methoxy groups -OCH3 is 1. The number of anilines is 1. The molecule has 0 saturated carbocycles. The van der Waals surface area contributed by atoms with Gasteiger partial charge in [-0.25, -0.2) is 4.39 Å². The molecule has 0 spiro atoms. The fraction of sp³-hybridized carbons (Fsp3) is 0.400. The van der Waals surface area contributed by atoms with Crippen LogP contribution in [0, 0.1) is 18.2 Å². The number of benzene rings is 2. The molecular formula is C35H35FN6O3. The lowest BCUT2D eigenvalue weighted by Crippen LogP contribution is -2.51. The molecule has 2 aromatic heterocycles. The maximum atomic E-state index is 16.8. The van der Waals surface area contributed by atoms with Gasteiger partial charge in [-0.1, -0.05) is 30.2 Å². The molecule has 6 heterocycles. The van der Waals surface area contributed by atoms with Crippen LogP contribution in [0.4, 0.5) is 10.2 Å². The van der Waals surface area contributed by atoms with E-state index in [1.807, 2.05) is 12.1 Å². The molecule has 4 aromatic rings. The molecule has 4 saturated heterocycles. The van der Waals surface area contributed by atoms with Crippen molar-refractivity contribution in [2.75, 3.05) is 44.8 Å². The molecule has 2 N–H and O–H groups in total. The van der Waals surface area contributed by atoms with Crippen LogP contribution in [-0.2, 0) is 4.74 Å². The second kappa shape index (κ2) is 10.7. The largest absolute Gasteiger partial charge is 0.508 e. The molecule has 0 amide bonds. The fourth-order valence-corrected chi connectivity index (χ4v) is 8.03. The van der Waals surface area contributed by atoms with Gasteiger partial charge < -0.3 is 24.8 Å². The molecule has 4 aliphatic heterocycles. The SMILES string of the molecule is C#Cc1cccc2cc(O)cc(-c3ncc4c(N5C[C@H]6CC[C@@H](C5)N6)nc(OC[C@]56CC(=C)CN5C[C@@H](OC)C6)nc4c3F)c12. The van der Waals surface area contributed by atoms with Gasteiger partial charge in [0.15, 0.2) is 5.82 Å². The van der Waals surface area contributed by atoms with Gasteiger partial charge in [0, 0.05) is 68.1 Å². The monoisotopic (exact) mass is 606 g/mol. The van der Waals surface area contributed by atoms with Crippen LogP contribution in [0.25, 0.3) is 32.9 Å². The lowest BCUT2D eigenvalue weighted by molar-refractivity contribution is 0.101. The molecule has 0 unspecified atom stereocenters. The maximum Gasteiger partial charge on any atom is 0.319 e. The van der Waals surface area contributed by atoms with Crippen molar-refractivity contribution in [3.8, 4) is 35.4 Å². The first-order valence-electron chi connectivity index (χ1n) is 15.5. The van der Waals surface area contributed by atoms with E-state index in [1.54, 1.807) is 25.4 Å². The van der Waals surface area contributed by atoms with Crippen molar-refractivity contribution < 1.29 is 19.0 Å². The Morgan fingerprint density at radius 1 is 1.20 bits per heavy atom. The fourth-order valence-electron chi connectivity index (χ4n) is 8.03. The van der Waals surface area contributed by atoms with Gasteiger partial charge in [-0.2, -0.15) is 9.97 Å². The summed E-state index contributed by atoms with van der Waals surface area (Å²) in [7, 11) is 1.74. The molecule has 10 heteroatoms. The summed E-state index contributed by atoms with van der Waals surface area (Å²) in [6.07, 6.45) is 11.4. The lowest BCUT2D eigenvalue weighted by Gasteiger charge is -2.34. The number of halogens is 1. The first-order chi connectivity index (χ1) is 21.8. The van der Waals surface area contributed by atoms with E-state index in [1.165, 1.54) is 6.07 Å².